The quantitative estimate of drug-likeness (QED) is 0.642. The predicted octanol–water partition coefficient (Wildman–Crippen LogP) is 1.98. The van der Waals surface area contributed by atoms with Crippen molar-refractivity contribution >= 4 is 11.4 Å². The van der Waals surface area contributed by atoms with E-state index in [1.54, 1.807) is 19.2 Å². The van der Waals surface area contributed by atoms with Gasteiger partial charge in [0.25, 0.3) is 0 Å². The summed E-state index contributed by atoms with van der Waals surface area (Å²) in [4.78, 5) is 0. The smallest absolute Gasteiger partial charge is 0.137 e. The van der Waals surface area contributed by atoms with E-state index in [9.17, 15) is 8.94 Å². The zero-order chi connectivity index (χ0) is 14.6. The number of hydrogen-bond acceptors (Lipinski definition) is 4. The minimum absolute atomic E-state index is 0.284. The average Bonchev–Trinajstić information content (AvgIpc) is 2.30. The molecule has 6 heteroatoms. The fraction of sp³-hybridized carbons (Fsp3) is 0.538. The third-order valence-electron chi connectivity index (χ3n) is 2.50. The number of hydrogen-bond donors (Lipinski definition) is 2. The SMILES string of the molecule is COCc1ccc(F)c([C@H](N)N[S+]([O-])C(C)(C)C)c1. The number of benzene rings is 1. The first-order valence-corrected chi connectivity index (χ1v) is 7.11. The van der Waals surface area contributed by atoms with Crippen LogP contribution in [-0.4, -0.2) is 16.4 Å². The van der Waals surface area contributed by atoms with Gasteiger partial charge in [0.1, 0.15) is 16.7 Å². The normalized spacial score (nSPS) is 15.3. The molecule has 3 N–H and O–H groups in total. The molecule has 1 aromatic rings. The predicted molar refractivity (Wildman–Crippen MR) is 75.1 cm³/mol. The van der Waals surface area contributed by atoms with Crippen LogP contribution in [-0.2, 0) is 22.7 Å². The van der Waals surface area contributed by atoms with E-state index in [1.807, 2.05) is 20.8 Å². The summed E-state index contributed by atoms with van der Waals surface area (Å²) in [6.07, 6.45) is -0.822. The molecule has 1 aromatic carbocycles. The molecule has 108 valence electrons. The van der Waals surface area contributed by atoms with Crippen molar-refractivity contribution in [1.82, 2.24) is 4.72 Å². The molecule has 1 unspecified atom stereocenters. The van der Waals surface area contributed by atoms with Gasteiger partial charge >= 0.3 is 0 Å². The van der Waals surface area contributed by atoms with E-state index in [-0.39, 0.29) is 5.56 Å². The summed E-state index contributed by atoms with van der Waals surface area (Å²) < 4.78 is 32.9. The van der Waals surface area contributed by atoms with Crippen LogP contribution in [0.5, 0.6) is 0 Å². The molecule has 0 fully saturated rings. The number of halogens is 1. The first-order valence-electron chi connectivity index (χ1n) is 5.96. The first kappa shape index (κ1) is 16.4. The summed E-state index contributed by atoms with van der Waals surface area (Å²) in [7, 11) is 1.57. The molecule has 0 amide bonds. The van der Waals surface area contributed by atoms with Crippen molar-refractivity contribution in [3.63, 3.8) is 0 Å². The second-order valence-corrected chi connectivity index (χ2v) is 7.26. The standard InChI is InChI=1S/C13H21FN2O2S/c1-13(2,3)19(17)16-12(15)10-7-9(8-18-4)5-6-11(10)14/h5-7,12,16H,8,15H2,1-4H3/t12-,19?/m1/s1. The van der Waals surface area contributed by atoms with Crippen LogP contribution >= 0.6 is 0 Å². The van der Waals surface area contributed by atoms with Gasteiger partial charge in [-0.1, -0.05) is 6.07 Å². The van der Waals surface area contributed by atoms with E-state index in [4.69, 9.17) is 10.5 Å². The molecule has 1 rings (SSSR count). The highest BCUT2D eigenvalue weighted by molar-refractivity contribution is 7.90. The van der Waals surface area contributed by atoms with Crippen molar-refractivity contribution in [3.05, 3.63) is 35.1 Å². The molecule has 0 aliphatic carbocycles. The van der Waals surface area contributed by atoms with Gasteiger partial charge in [0.15, 0.2) is 0 Å². The fourth-order valence-electron chi connectivity index (χ4n) is 1.44. The van der Waals surface area contributed by atoms with Gasteiger partial charge in [0.2, 0.25) is 0 Å². The summed E-state index contributed by atoms with van der Waals surface area (Å²) in [5, 5.41) is 0. The van der Waals surface area contributed by atoms with Crippen LogP contribution in [0, 0.1) is 5.82 Å². The Bertz CT molecular complexity index is 424. The van der Waals surface area contributed by atoms with Crippen LogP contribution in [0.1, 0.15) is 38.1 Å². The zero-order valence-electron chi connectivity index (χ0n) is 11.7. The maximum atomic E-state index is 13.7. The Labute approximate surface area is 116 Å². The second-order valence-electron chi connectivity index (χ2n) is 5.27. The number of ether oxygens (including phenoxy) is 1. The van der Waals surface area contributed by atoms with Crippen molar-refractivity contribution < 1.29 is 13.7 Å². The molecule has 19 heavy (non-hydrogen) atoms. The van der Waals surface area contributed by atoms with Crippen LogP contribution in [0.25, 0.3) is 0 Å². The molecule has 0 heterocycles. The molecular formula is C13H21FN2O2S. The van der Waals surface area contributed by atoms with Gasteiger partial charge in [-0.3, -0.25) is 0 Å². The highest BCUT2D eigenvalue weighted by Gasteiger charge is 2.29. The van der Waals surface area contributed by atoms with Gasteiger partial charge < -0.3 is 15.0 Å². The number of nitrogens with one attached hydrogen (secondary N) is 1. The molecule has 0 aliphatic heterocycles. The van der Waals surface area contributed by atoms with Crippen LogP contribution in [0.3, 0.4) is 0 Å². The summed E-state index contributed by atoms with van der Waals surface area (Å²) in [5.41, 5.74) is 6.98. The molecule has 0 saturated heterocycles. The van der Waals surface area contributed by atoms with E-state index < -0.39 is 28.1 Å². The maximum absolute atomic E-state index is 13.7. The topological polar surface area (TPSA) is 70.3 Å². The number of nitrogens with two attached hydrogens (primary N) is 1. The van der Waals surface area contributed by atoms with Crippen molar-refractivity contribution in [1.29, 1.82) is 0 Å². The fourth-order valence-corrected chi connectivity index (χ4v) is 2.15. The summed E-state index contributed by atoms with van der Waals surface area (Å²) in [6, 6.07) is 4.59. The van der Waals surface area contributed by atoms with E-state index in [0.29, 0.717) is 6.61 Å². The first-order chi connectivity index (χ1) is 8.75. The minimum Gasteiger partial charge on any atom is -0.598 e. The third kappa shape index (κ3) is 4.74. The Morgan fingerprint density at radius 3 is 2.63 bits per heavy atom. The molecule has 4 nitrogen and oxygen atoms in total. The molecule has 0 aliphatic rings. The van der Waals surface area contributed by atoms with Gasteiger partial charge in [-0.15, -0.1) is 4.72 Å². The van der Waals surface area contributed by atoms with Crippen LogP contribution in [0.4, 0.5) is 4.39 Å². The van der Waals surface area contributed by atoms with Crippen molar-refractivity contribution in [3.8, 4) is 0 Å². The number of methoxy groups -OCH3 is 1. The molecule has 2 atom stereocenters. The Balaban J connectivity index is 2.86. The van der Waals surface area contributed by atoms with Crippen molar-refractivity contribution in [2.24, 2.45) is 5.73 Å². The second kappa shape index (κ2) is 6.67. The van der Waals surface area contributed by atoms with Gasteiger partial charge in [-0.05, 0) is 38.5 Å². The summed E-state index contributed by atoms with van der Waals surface area (Å²) in [6.45, 7) is 5.84. The lowest BCUT2D eigenvalue weighted by Crippen LogP contribution is -2.44. The Morgan fingerprint density at radius 2 is 2.11 bits per heavy atom. The lowest BCUT2D eigenvalue weighted by molar-refractivity contribution is 0.184. The lowest BCUT2D eigenvalue weighted by Gasteiger charge is -2.26. The summed E-state index contributed by atoms with van der Waals surface area (Å²) in [5.74, 6) is -0.425. The molecule has 0 saturated carbocycles. The highest BCUT2D eigenvalue weighted by atomic mass is 32.2. The Kier molecular flexibility index (Phi) is 5.76. The van der Waals surface area contributed by atoms with Gasteiger partial charge in [0.05, 0.1) is 6.61 Å². The van der Waals surface area contributed by atoms with Crippen LogP contribution in [0.2, 0.25) is 0 Å². The molecule has 0 radical (unpaired) electrons. The van der Waals surface area contributed by atoms with E-state index in [0.717, 1.165) is 5.56 Å². The maximum Gasteiger partial charge on any atom is 0.137 e. The Morgan fingerprint density at radius 1 is 1.47 bits per heavy atom. The monoisotopic (exact) mass is 288 g/mol. The van der Waals surface area contributed by atoms with Gasteiger partial charge in [-0.2, -0.15) is 0 Å². The largest absolute Gasteiger partial charge is 0.598 e. The molecule has 0 aromatic heterocycles. The van der Waals surface area contributed by atoms with E-state index in [2.05, 4.69) is 4.72 Å². The number of rotatable bonds is 5. The molecular weight excluding hydrogens is 267 g/mol. The lowest BCUT2D eigenvalue weighted by atomic mass is 10.1. The minimum atomic E-state index is -1.36. The Hall–Kier alpha value is -0.660. The van der Waals surface area contributed by atoms with Crippen molar-refractivity contribution in [2.45, 2.75) is 38.3 Å². The van der Waals surface area contributed by atoms with E-state index in [1.165, 1.54) is 6.07 Å². The van der Waals surface area contributed by atoms with Gasteiger partial charge in [-0.25, -0.2) is 4.39 Å². The zero-order valence-corrected chi connectivity index (χ0v) is 12.5. The summed E-state index contributed by atoms with van der Waals surface area (Å²) >= 11 is -1.36. The van der Waals surface area contributed by atoms with Crippen LogP contribution in [0.15, 0.2) is 18.2 Å². The van der Waals surface area contributed by atoms with Crippen LogP contribution < -0.4 is 10.5 Å². The molecule has 0 bridgehead atoms. The molecule has 0 spiro atoms. The van der Waals surface area contributed by atoms with Crippen molar-refractivity contribution in [2.75, 3.05) is 7.11 Å². The van der Waals surface area contributed by atoms with Gasteiger partial charge in [0, 0.05) is 24.0 Å². The third-order valence-corrected chi connectivity index (χ3v) is 4.08. The van der Waals surface area contributed by atoms with E-state index >= 15 is 0 Å². The average molecular weight is 288 g/mol. The highest BCUT2D eigenvalue weighted by Crippen LogP contribution is 2.20.